The fourth-order valence-corrected chi connectivity index (χ4v) is 5.99. The summed E-state index contributed by atoms with van der Waals surface area (Å²) in [6, 6.07) is 4.10. The molecule has 2 aliphatic heterocycles. The first kappa shape index (κ1) is 23.5. The van der Waals surface area contributed by atoms with Gasteiger partial charge in [0, 0.05) is 43.0 Å². The van der Waals surface area contributed by atoms with Crippen LogP contribution in [0.4, 0.5) is 24.5 Å². The van der Waals surface area contributed by atoms with Gasteiger partial charge in [-0.1, -0.05) is 0 Å². The van der Waals surface area contributed by atoms with E-state index in [1.54, 1.807) is 4.90 Å². The number of carbonyl (C=O) groups is 2. The Bertz CT molecular complexity index is 956. The van der Waals surface area contributed by atoms with Crippen molar-refractivity contribution in [1.82, 2.24) is 4.90 Å². The second-order valence-corrected chi connectivity index (χ2v) is 10.5. The van der Waals surface area contributed by atoms with Crippen molar-refractivity contribution in [2.75, 3.05) is 29.9 Å². The zero-order valence-corrected chi connectivity index (χ0v) is 19.2. The number of piperidine rings is 1. The van der Waals surface area contributed by atoms with E-state index in [9.17, 15) is 27.9 Å². The summed E-state index contributed by atoms with van der Waals surface area (Å²) >= 11 is 0. The Morgan fingerprint density at radius 1 is 1.06 bits per heavy atom. The van der Waals surface area contributed by atoms with Crippen molar-refractivity contribution in [1.29, 1.82) is 0 Å². The summed E-state index contributed by atoms with van der Waals surface area (Å²) in [5, 5.41) is 12.4. The van der Waals surface area contributed by atoms with Gasteiger partial charge in [-0.05, 0) is 76.0 Å². The Labute approximate surface area is 197 Å². The van der Waals surface area contributed by atoms with E-state index in [0.29, 0.717) is 45.2 Å². The lowest BCUT2D eigenvalue weighted by Gasteiger charge is -2.42. The maximum atomic E-state index is 14.0. The van der Waals surface area contributed by atoms with E-state index >= 15 is 0 Å². The fraction of sp³-hybridized carbons (Fsp3) is 0.680. The zero-order chi connectivity index (χ0) is 24.1. The third-order valence-electron chi connectivity index (χ3n) is 8.09. The van der Waals surface area contributed by atoms with Gasteiger partial charge in [-0.2, -0.15) is 13.2 Å². The third-order valence-corrected chi connectivity index (χ3v) is 8.09. The molecular weight excluding hydrogens is 447 g/mol. The molecular formula is C25H32F3N3O3. The van der Waals surface area contributed by atoms with Crippen LogP contribution in [-0.4, -0.2) is 53.6 Å². The second-order valence-electron chi connectivity index (χ2n) is 10.5. The van der Waals surface area contributed by atoms with E-state index in [1.807, 2.05) is 4.90 Å². The minimum Gasteiger partial charge on any atom is -0.393 e. The van der Waals surface area contributed by atoms with Crippen molar-refractivity contribution in [2.45, 2.75) is 76.1 Å². The summed E-state index contributed by atoms with van der Waals surface area (Å²) in [6.45, 7) is 1.36. The number of anilines is 2. The molecule has 9 heteroatoms. The van der Waals surface area contributed by atoms with Crippen LogP contribution in [0.2, 0.25) is 0 Å². The van der Waals surface area contributed by atoms with Gasteiger partial charge in [0.15, 0.2) is 0 Å². The zero-order valence-electron chi connectivity index (χ0n) is 19.2. The number of likely N-dealkylation sites (tertiary alicyclic amines) is 1. The lowest BCUT2D eigenvalue weighted by molar-refractivity contribution is -0.139. The SMILES string of the molecule is O=C(Nc1ccc(N2CCC[C@@]3(CCN([C@H]4CC[C@H](O)CC4)C3=O)C2)c(C(F)(F)F)c1)C1CC1. The molecule has 6 nitrogen and oxygen atoms in total. The van der Waals surface area contributed by atoms with Gasteiger partial charge in [-0.3, -0.25) is 9.59 Å². The maximum absolute atomic E-state index is 14.0. The Morgan fingerprint density at radius 2 is 1.79 bits per heavy atom. The number of alkyl halides is 3. The van der Waals surface area contributed by atoms with Crippen molar-refractivity contribution >= 4 is 23.2 Å². The van der Waals surface area contributed by atoms with Gasteiger partial charge in [-0.25, -0.2) is 0 Å². The quantitative estimate of drug-likeness (QED) is 0.680. The van der Waals surface area contributed by atoms with Crippen molar-refractivity contribution in [3.8, 4) is 0 Å². The molecule has 1 spiro atoms. The molecule has 2 heterocycles. The average Bonchev–Trinajstić information content (AvgIpc) is 3.61. The number of benzene rings is 1. The number of aliphatic hydroxyl groups excluding tert-OH is 1. The summed E-state index contributed by atoms with van der Waals surface area (Å²) in [5.74, 6) is -0.273. The molecule has 1 aromatic rings. The predicted molar refractivity (Wildman–Crippen MR) is 121 cm³/mol. The third kappa shape index (κ3) is 4.51. The Hall–Kier alpha value is -2.29. The smallest absolute Gasteiger partial charge is 0.393 e. The maximum Gasteiger partial charge on any atom is 0.418 e. The molecule has 1 atom stereocenters. The lowest BCUT2D eigenvalue weighted by Crippen LogP contribution is -2.50. The van der Waals surface area contributed by atoms with Gasteiger partial charge in [-0.15, -0.1) is 0 Å². The summed E-state index contributed by atoms with van der Waals surface area (Å²) in [7, 11) is 0. The number of nitrogens with one attached hydrogen (secondary N) is 1. The highest BCUT2D eigenvalue weighted by atomic mass is 19.4. The van der Waals surface area contributed by atoms with Crippen molar-refractivity contribution < 1.29 is 27.9 Å². The van der Waals surface area contributed by atoms with E-state index in [4.69, 9.17) is 0 Å². The normalized spacial score (nSPS) is 30.2. The number of nitrogens with zero attached hydrogens (tertiary/aromatic N) is 2. The molecule has 4 aliphatic rings. The fourth-order valence-electron chi connectivity index (χ4n) is 5.99. The molecule has 2 saturated carbocycles. The van der Waals surface area contributed by atoms with E-state index < -0.39 is 17.2 Å². The molecule has 0 bridgehead atoms. The van der Waals surface area contributed by atoms with Crippen LogP contribution in [0.1, 0.15) is 63.4 Å². The van der Waals surface area contributed by atoms with Crippen LogP contribution in [0, 0.1) is 11.3 Å². The van der Waals surface area contributed by atoms with Gasteiger partial charge in [0.25, 0.3) is 0 Å². The molecule has 2 saturated heterocycles. The molecule has 186 valence electrons. The van der Waals surface area contributed by atoms with Crippen LogP contribution in [-0.2, 0) is 15.8 Å². The van der Waals surface area contributed by atoms with Crippen LogP contribution in [0.25, 0.3) is 0 Å². The second kappa shape index (κ2) is 8.73. The topological polar surface area (TPSA) is 72.9 Å². The number of aliphatic hydroxyl groups is 1. The van der Waals surface area contributed by atoms with Gasteiger partial charge in [0.05, 0.1) is 17.1 Å². The van der Waals surface area contributed by atoms with Gasteiger partial charge >= 0.3 is 6.18 Å². The number of hydrogen-bond donors (Lipinski definition) is 2. The molecule has 1 aromatic carbocycles. The lowest BCUT2D eigenvalue weighted by atomic mass is 9.78. The first-order chi connectivity index (χ1) is 16.2. The summed E-state index contributed by atoms with van der Waals surface area (Å²) in [5.41, 5.74) is -1.21. The van der Waals surface area contributed by atoms with Crippen LogP contribution in [0.3, 0.4) is 0 Å². The predicted octanol–water partition coefficient (Wildman–Crippen LogP) is 4.18. The first-order valence-corrected chi connectivity index (χ1v) is 12.4. The first-order valence-electron chi connectivity index (χ1n) is 12.4. The highest BCUT2D eigenvalue weighted by Gasteiger charge is 2.51. The minimum absolute atomic E-state index is 0.0560. The van der Waals surface area contributed by atoms with Crippen LogP contribution in [0.15, 0.2) is 18.2 Å². The highest BCUT2D eigenvalue weighted by molar-refractivity contribution is 5.94. The van der Waals surface area contributed by atoms with Gasteiger partial charge in [0.2, 0.25) is 11.8 Å². The summed E-state index contributed by atoms with van der Waals surface area (Å²) in [6.07, 6.45) is 1.59. The number of carbonyl (C=O) groups excluding carboxylic acids is 2. The molecule has 4 fully saturated rings. The number of halogens is 3. The van der Waals surface area contributed by atoms with Crippen LogP contribution in [0.5, 0.6) is 0 Å². The van der Waals surface area contributed by atoms with Gasteiger partial charge < -0.3 is 20.2 Å². The van der Waals surface area contributed by atoms with Crippen LogP contribution < -0.4 is 10.2 Å². The van der Waals surface area contributed by atoms with Crippen molar-refractivity contribution in [3.05, 3.63) is 23.8 Å². The van der Waals surface area contributed by atoms with Crippen molar-refractivity contribution in [3.63, 3.8) is 0 Å². The van der Waals surface area contributed by atoms with E-state index in [2.05, 4.69) is 5.32 Å². The molecule has 2 N–H and O–H groups in total. The number of hydrogen-bond acceptors (Lipinski definition) is 4. The Kier molecular flexibility index (Phi) is 6.02. The monoisotopic (exact) mass is 479 g/mol. The largest absolute Gasteiger partial charge is 0.418 e. The van der Waals surface area contributed by atoms with E-state index in [1.165, 1.54) is 12.1 Å². The molecule has 5 rings (SSSR count). The minimum atomic E-state index is -4.57. The number of amides is 2. The Morgan fingerprint density at radius 3 is 2.47 bits per heavy atom. The molecule has 34 heavy (non-hydrogen) atoms. The van der Waals surface area contributed by atoms with E-state index in [-0.39, 0.29) is 47.8 Å². The summed E-state index contributed by atoms with van der Waals surface area (Å²) < 4.78 is 42.1. The standard InChI is InChI=1S/C25H32F3N3O3/c26-25(27,28)20-14-17(29-22(33)16-2-3-16)4-9-21(20)30-12-1-10-24(15-30)11-13-31(23(24)34)18-5-7-19(32)8-6-18/h4,9,14,16,18-19,32H,1-3,5-8,10-13,15H2,(H,29,33)/t18-,19-,24-/m1/s1. The average molecular weight is 480 g/mol. The van der Waals surface area contributed by atoms with Crippen LogP contribution >= 0.6 is 0 Å². The molecule has 0 aromatic heterocycles. The van der Waals surface area contributed by atoms with E-state index in [0.717, 1.165) is 31.7 Å². The van der Waals surface area contributed by atoms with Gasteiger partial charge in [0.1, 0.15) is 0 Å². The molecule has 2 aliphatic carbocycles. The number of rotatable bonds is 4. The van der Waals surface area contributed by atoms with Crippen molar-refractivity contribution in [2.24, 2.45) is 11.3 Å². The molecule has 2 amide bonds. The summed E-state index contributed by atoms with van der Waals surface area (Å²) in [4.78, 5) is 29.2. The Balaban J connectivity index is 1.36. The molecule has 0 radical (unpaired) electrons. The molecule has 0 unspecified atom stereocenters. The highest BCUT2D eigenvalue weighted by Crippen LogP contribution is 2.46.